The van der Waals surface area contributed by atoms with E-state index in [2.05, 4.69) is 11.8 Å². The molecule has 0 fully saturated rings. The standard InChI is InChI=1S/C8H11ClO/c1-2-3-7-10-8-5-4-6-9/h4-5H,6-8H2,1H3/b5-4-. The Morgan fingerprint density at radius 3 is 2.90 bits per heavy atom. The van der Waals surface area contributed by atoms with E-state index >= 15 is 0 Å². The second-order valence-electron chi connectivity index (χ2n) is 1.57. The molecule has 0 heterocycles. The third kappa shape index (κ3) is 7.55. The largest absolute Gasteiger partial charge is 0.365 e. The molecule has 0 aliphatic heterocycles. The molecule has 0 radical (unpaired) electrons. The highest BCUT2D eigenvalue weighted by Crippen LogP contribution is 1.79. The second kappa shape index (κ2) is 8.55. The van der Waals surface area contributed by atoms with Crippen LogP contribution in [0.4, 0.5) is 0 Å². The number of rotatable bonds is 4. The Morgan fingerprint density at radius 2 is 2.30 bits per heavy atom. The summed E-state index contributed by atoms with van der Waals surface area (Å²) in [5, 5.41) is 0. The number of ether oxygens (including phenoxy) is 1. The SMILES string of the molecule is CC#CCOC/C=C\CCl. The van der Waals surface area contributed by atoms with Crippen LogP contribution in [0.3, 0.4) is 0 Å². The first-order valence-electron chi connectivity index (χ1n) is 3.10. The predicted molar refractivity (Wildman–Crippen MR) is 44.1 cm³/mol. The van der Waals surface area contributed by atoms with Crippen molar-refractivity contribution in [2.24, 2.45) is 0 Å². The predicted octanol–water partition coefficient (Wildman–Crippen LogP) is 1.82. The lowest BCUT2D eigenvalue weighted by Crippen LogP contribution is -1.90. The molecular weight excluding hydrogens is 148 g/mol. The lowest BCUT2D eigenvalue weighted by molar-refractivity contribution is 0.199. The molecule has 0 amide bonds. The van der Waals surface area contributed by atoms with Crippen LogP contribution in [-0.2, 0) is 4.74 Å². The van der Waals surface area contributed by atoms with Crippen LogP contribution < -0.4 is 0 Å². The van der Waals surface area contributed by atoms with Crippen LogP contribution in [-0.4, -0.2) is 19.1 Å². The van der Waals surface area contributed by atoms with Crippen molar-refractivity contribution in [2.75, 3.05) is 19.1 Å². The fraction of sp³-hybridized carbons (Fsp3) is 0.500. The van der Waals surface area contributed by atoms with E-state index in [0.29, 0.717) is 19.1 Å². The molecule has 0 aromatic rings. The molecule has 0 aliphatic carbocycles. The molecular formula is C8H11ClO. The van der Waals surface area contributed by atoms with E-state index in [9.17, 15) is 0 Å². The van der Waals surface area contributed by atoms with Crippen molar-refractivity contribution in [1.82, 2.24) is 0 Å². The van der Waals surface area contributed by atoms with Gasteiger partial charge in [-0.25, -0.2) is 0 Å². The highest BCUT2D eigenvalue weighted by Gasteiger charge is 1.75. The molecule has 0 unspecified atom stereocenters. The molecule has 0 atom stereocenters. The van der Waals surface area contributed by atoms with Gasteiger partial charge in [0, 0.05) is 5.88 Å². The van der Waals surface area contributed by atoms with Crippen molar-refractivity contribution in [2.45, 2.75) is 6.92 Å². The van der Waals surface area contributed by atoms with Crippen LogP contribution in [0, 0.1) is 11.8 Å². The van der Waals surface area contributed by atoms with Crippen molar-refractivity contribution in [3.05, 3.63) is 12.2 Å². The van der Waals surface area contributed by atoms with Gasteiger partial charge in [-0.2, -0.15) is 0 Å². The van der Waals surface area contributed by atoms with Gasteiger partial charge in [0.15, 0.2) is 0 Å². The van der Waals surface area contributed by atoms with Gasteiger partial charge in [0.1, 0.15) is 6.61 Å². The van der Waals surface area contributed by atoms with Gasteiger partial charge >= 0.3 is 0 Å². The first-order chi connectivity index (χ1) is 4.91. The maximum atomic E-state index is 5.37. The number of hydrogen-bond acceptors (Lipinski definition) is 1. The molecule has 0 N–H and O–H groups in total. The van der Waals surface area contributed by atoms with Crippen LogP contribution in [0.2, 0.25) is 0 Å². The Labute approximate surface area is 67.0 Å². The summed E-state index contributed by atoms with van der Waals surface area (Å²) in [6, 6.07) is 0. The average Bonchev–Trinajstić information content (AvgIpc) is 1.97. The van der Waals surface area contributed by atoms with Gasteiger partial charge in [0.25, 0.3) is 0 Å². The fourth-order valence-corrected chi connectivity index (χ4v) is 0.507. The van der Waals surface area contributed by atoms with Crippen LogP contribution in [0.5, 0.6) is 0 Å². The molecule has 56 valence electrons. The van der Waals surface area contributed by atoms with E-state index in [4.69, 9.17) is 16.3 Å². The van der Waals surface area contributed by atoms with Crippen molar-refractivity contribution in [1.29, 1.82) is 0 Å². The normalized spacial score (nSPS) is 9.40. The summed E-state index contributed by atoms with van der Waals surface area (Å²) in [7, 11) is 0. The minimum absolute atomic E-state index is 0.503. The smallest absolute Gasteiger partial charge is 0.108 e. The minimum atomic E-state index is 0.503. The third-order valence-corrected chi connectivity index (χ3v) is 0.999. The number of alkyl halides is 1. The lowest BCUT2D eigenvalue weighted by atomic mass is 10.5. The molecule has 0 bridgehead atoms. The second-order valence-corrected chi connectivity index (χ2v) is 1.88. The van der Waals surface area contributed by atoms with Gasteiger partial charge in [0.2, 0.25) is 0 Å². The van der Waals surface area contributed by atoms with E-state index in [-0.39, 0.29) is 0 Å². The Balaban J connectivity index is 3.02. The summed E-state index contributed by atoms with van der Waals surface area (Å²) in [5.74, 6) is 6.06. The topological polar surface area (TPSA) is 9.23 Å². The maximum Gasteiger partial charge on any atom is 0.108 e. The summed E-state index contributed by atoms with van der Waals surface area (Å²) >= 11 is 5.37. The van der Waals surface area contributed by atoms with Gasteiger partial charge in [-0.3, -0.25) is 0 Å². The molecule has 1 nitrogen and oxygen atoms in total. The molecule has 0 aromatic heterocycles. The van der Waals surface area contributed by atoms with Gasteiger partial charge in [0.05, 0.1) is 6.61 Å². The highest BCUT2D eigenvalue weighted by molar-refractivity contribution is 6.18. The molecule has 0 saturated carbocycles. The Bertz CT molecular complexity index is 141. The number of halogens is 1. The molecule has 10 heavy (non-hydrogen) atoms. The first-order valence-corrected chi connectivity index (χ1v) is 3.63. The van der Waals surface area contributed by atoms with Crippen LogP contribution in [0.1, 0.15) is 6.92 Å². The third-order valence-electron chi connectivity index (χ3n) is 0.821. The molecule has 0 saturated heterocycles. The van der Waals surface area contributed by atoms with E-state index < -0.39 is 0 Å². The van der Waals surface area contributed by atoms with E-state index in [1.54, 1.807) is 6.92 Å². The summed E-state index contributed by atoms with van der Waals surface area (Å²) in [5.41, 5.74) is 0. The Hall–Kier alpha value is -0.450. The van der Waals surface area contributed by atoms with Crippen molar-refractivity contribution in [3.8, 4) is 11.8 Å². The molecule has 0 aromatic carbocycles. The van der Waals surface area contributed by atoms with Gasteiger partial charge in [-0.05, 0) is 6.92 Å². The highest BCUT2D eigenvalue weighted by atomic mass is 35.5. The quantitative estimate of drug-likeness (QED) is 0.263. The summed E-state index contributed by atoms with van der Waals surface area (Å²) < 4.78 is 5.06. The van der Waals surface area contributed by atoms with Crippen LogP contribution in [0.15, 0.2) is 12.2 Å². The van der Waals surface area contributed by atoms with Gasteiger partial charge in [-0.1, -0.05) is 18.1 Å². The fourth-order valence-electron chi connectivity index (χ4n) is 0.381. The first kappa shape index (κ1) is 9.55. The Morgan fingerprint density at radius 1 is 1.50 bits per heavy atom. The van der Waals surface area contributed by atoms with E-state index in [0.717, 1.165) is 0 Å². The molecule has 0 aliphatic rings. The van der Waals surface area contributed by atoms with E-state index in [1.807, 2.05) is 12.2 Å². The number of allylic oxidation sites excluding steroid dienone is 1. The monoisotopic (exact) mass is 158 g/mol. The summed E-state index contributed by atoms with van der Waals surface area (Å²) in [6.45, 7) is 2.89. The lowest BCUT2D eigenvalue weighted by Gasteiger charge is -1.90. The minimum Gasteiger partial charge on any atom is -0.365 e. The molecule has 2 heteroatoms. The van der Waals surface area contributed by atoms with E-state index in [1.165, 1.54) is 0 Å². The average molecular weight is 159 g/mol. The Kier molecular flexibility index (Phi) is 8.17. The van der Waals surface area contributed by atoms with Gasteiger partial charge < -0.3 is 4.74 Å². The zero-order valence-corrected chi connectivity index (χ0v) is 6.82. The van der Waals surface area contributed by atoms with Crippen LogP contribution >= 0.6 is 11.6 Å². The number of hydrogen-bond donors (Lipinski definition) is 0. The van der Waals surface area contributed by atoms with Crippen molar-refractivity contribution in [3.63, 3.8) is 0 Å². The van der Waals surface area contributed by atoms with Crippen LogP contribution in [0.25, 0.3) is 0 Å². The zero-order chi connectivity index (χ0) is 7.66. The summed E-state index contributed by atoms with van der Waals surface area (Å²) in [4.78, 5) is 0. The molecule has 0 spiro atoms. The zero-order valence-electron chi connectivity index (χ0n) is 6.06. The van der Waals surface area contributed by atoms with Crippen molar-refractivity contribution < 1.29 is 4.74 Å². The molecule has 0 rings (SSSR count). The summed E-state index contributed by atoms with van der Waals surface area (Å²) in [6.07, 6.45) is 3.73. The van der Waals surface area contributed by atoms with Gasteiger partial charge in [-0.15, -0.1) is 17.5 Å². The maximum absolute atomic E-state index is 5.37. The van der Waals surface area contributed by atoms with Crippen molar-refractivity contribution >= 4 is 11.6 Å².